The molecular weight excluding hydrogens is 454 g/mol. The number of benzene rings is 2. The molecule has 2 aromatic heterocycles. The number of rotatable bonds is 9. The highest BCUT2D eigenvalue weighted by Crippen LogP contribution is 2.27. The molecule has 2 aromatic carbocycles. The lowest BCUT2D eigenvalue weighted by Crippen LogP contribution is -2.15. The Bertz CT molecular complexity index is 1210. The molecule has 0 aliphatic rings. The van der Waals surface area contributed by atoms with Gasteiger partial charge in [0.15, 0.2) is 22.2 Å². The Labute approximate surface area is 201 Å². The minimum absolute atomic E-state index is 0.134. The van der Waals surface area contributed by atoms with Crippen molar-refractivity contribution in [3.63, 3.8) is 0 Å². The van der Waals surface area contributed by atoms with Crippen LogP contribution in [-0.4, -0.2) is 31.4 Å². The Hall–Kier alpha value is -3.17. The summed E-state index contributed by atoms with van der Waals surface area (Å²) in [6.45, 7) is 6.69. The summed E-state index contributed by atoms with van der Waals surface area (Å²) in [5, 5.41) is 14.7. The van der Waals surface area contributed by atoms with Crippen LogP contribution in [-0.2, 0) is 11.3 Å². The van der Waals surface area contributed by atoms with E-state index in [2.05, 4.69) is 20.5 Å². The molecule has 0 radical (unpaired) electrons. The zero-order valence-electron chi connectivity index (χ0n) is 18.7. The summed E-state index contributed by atoms with van der Waals surface area (Å²) in [6.07, 6.45) is -0.268. The van der Waals surface area contributed by atoms with E-state index in [0.717, 1.165) is 22.8 Å². The second-order valence-electron chi connectivity index (χ2n) is 7.40. The van der Waals surface area contributed by atoms with Crippen LogP contribution in [0, 0.1) is 6.92 Å². The molecule has 0 fully saturated rings. The lowest BCUT2D eigenvalue weighted by molar-refractivity contribution is -0.113. The minimum atomic E-state index is -0.268. The number of hydrogen-bond donors (Lipinski definition) is 1. The normalized spacial score (nSPS) is 11.8. The van der Waals surface area contributed by atoms with Gasteiger partial charge in [-0.25, -0.2) is 4.98 Å². The van der Waals surface area contributed by atoms with Crippen molar-refractivity contribution < 1.29 is 9.53 Å². The Balaban J connectivity index is 1.35. The molecule has 1 amide bonds. The molecule has 0 spiro atoms. The molecular formula is C24H25N5O2S2. The van der Waals surface area contributed by atoms with Crippen molar-refractivity contribution in [1.82, 2.24) is 19.7 Å². The number of nitrogens with zero attached hydrogens (tertiary/aromatic N) is 4. The first-order valence-corrected chi connectivity index (χ1v) is 12.5. The first-order valence-electron chi connectivity index (χ1n) is 10.6. The van der Waals surface area contributed by atoms with Gasteiger partial charge in [0.2, 0.25) is 5.91 Å². The second-order valence-corrected chi connectivity index (χ2v) is 9.20. The van der Waals surface area contributed by atoms with Gasteiger partial charge >= 0.3 is 0 Å². The molecule has 1 atom stereocenters. The van der Waals surface area contributed by atoms with Crippen molar-refractivity contribution in [1.29, 1.82) is 0 Å². The monoisotopic (exact) mass is 479 g/mol. The van der Waals surface area contributed by atoms with Crippen molar-refractivity contribution in [2.75, 3.05) is 11.1 Å². The van der Waals surface area contributed by atoms with Gasteiger partial charge in [0, 0.05) is 17.5 Å². The van der Waals surface area contributed by atoms with E-state index >= 15 is 0 Å². The topological polar surface area (TPSA) is 81.9 Å². The third-order valence-corrected chi connectivity index (χ3v) is 6.64. The second kappa shape index (κ2) is 10.6. The van der Waals surface area contributed by atoms with Gasteiger partial charge in [-0.3, -0.25) is 4.79 Å². The third kappa shape index (κ3) is 5.80. The highest BCUT2D eigenvalue weighted by atomic mass is 32.2. The van der Waals surface area contributed by atoms with Crippen LogP contribution in [0.15, 0.2) is 65.1 Å². The number of amides is 1. The van der Waals surface area contributed by atoms with Crippen molar-refractivity contribution in [3.8, 4) is 17.0 Å². The van der Waals surface area contributed by atoms with Crippen LogP contribution in [0.4, 0.5) is 5.13 Å². The molecule has 0 bridgehead atoms. The summed E-state index contributed by atoms with van der Waals surface area (Å²) in [5.41, 5.74) is 3.05. The number of thioether (sulfide) groups is 1. The molecule has 33 heavy (non-hydrogen) atoms. The van der Waals surface area contributed by atoms with Crippen LogP contribution in [0.1, 0.15) is 31.3 Å². The molecule has 170 valence electrons. The molecule has 1 unspecified atom stereocenters. The minimum Gasteiger partial charge on any atom is -0.483 e. The quantitative estimate of drug-likeness (QED) is 0.315. The first kappa shape index (κ1) is 23.0. The van der Waals surface area contributed by atoms with E-state index in [1.807, 2.05) is 85.3 Å². The number of ether oxygens (including phenoxy) is 1. The zero-order valence-corrected chi connectivity index (χ0v) is 20.3. The van der Waals surface area contributed by atoms with Gasteiger partial charge in [0.25, 0.3) is 0 Å². The highest BCUT2D eigenvalue weighted by Gasteiger charge is 2.19. The average Bonchev–Trinajstić information content (AvgIpc) is 3.46. The summed E-state index contributed by atoms with van der Waals surface area (Å²) in [5.74, 6) is 1.59. The molecule has 4 rings (SSSR count). The van der Waals surface area contributed by atoms with Crippen LogP contribution < -0.4 is 10.1 Å². The predicted octanol–water partition coefficient (Wildman–Crippen LogP) is 5.60. The van der Waals surface area contributed by atoms with E-state index < -0.39 is 0 Å². The summed E-state index contributed by atoms with van der Waals surface area (Å²) < 4.78 is 8.02. The third-order valence-electron chi connectivity index (χ3n) is 4.91. The number of thiazole rings is 1. The van der Waals surface area contributed by atoms with E-state index in [9.17, 15) is 4.79 Å². The van der Waals surface area contributed by atoms with Gasteiger partial charge in [-0.05, 0) is 32.9 Å². The largest absolute Gasteiger partial charge is 0.483 e. The number of aryl methyl sites for hydroxylation is 1. The summed E-state index contributed by atoms with van der Waals surface area (Å²) >= 11 is 2.76. The lowest BCUT2D eigenvalue weighted by atomic mass is 10.2. The van der Waals surface area contributed by atoms with Crippen molar-refractivity contribution in [3.05, 3.63) is 71.4 Å². The number of carbonyl (C=O) groups excluding carboxylic acids is 1. The van der Waals surface area contributed by atoms with E-state index in [1.165, 1.54) is 28.7 Å². The first-order chi connectivity index (χ1) is 16.0. The maximum atomic E-state index is 12.5. The Kier molecular flexibility index (Phi) is 7.41. The molecule has 7 nitrogen and oxygen atoms in total. The summed E-state index contributed by atoms with van der Waals surface area (Å²) in [4.78, 5) is 17.0. The fourth-order valence-electron chi connectivity index (χ4n) is 3.24. The van der Waals surface area contributed by atoms with Gasteiger partial charge in [-0.2, -0.15) is 0 Å². The van der Waals surface area contributed by atoms with Crippen LogP contribution in [0.2, 0.25) is 0 Å². The van der Waals surface area contributed by atoms with E-state index in [-0.39, 0.29) is 17.8 Å². The molecule has 4 aromatic rings. The molecule has 0 aliphatic carbocycles. The molecule has 1 N–H and O–H groups in total. The van der Waals surface area contributed by atoms with Gasteiger partial charge in [-0.15, -0.1) is 21.5 Å². The van der Waals surface area contributed by atoms with Crippen LogP contribution >= 0.6 is 23.1 Å². The number of nitrogens with one attached hydrogen (secondary N) is 1. The van der Waals surface area contributed by atoms with Gasteiger partial charge in [0.05, 0.1) is 11.4 Å². The zero-order chi connectivity index (χ0) is 23.2. The maximum absolute atomic E-state index is 12.5. The van der Waals surface area contributed by atoms with Crippen molar-refractivity contribution in [2.24, 2.45) is 0 Å². The molecule has 0 saturated heterocycles. The van der Waals surface area contributed by atoms with Gasteiger partial charge in [-0.1, -0.05) is 59.8 Å². The molecule has 0 aliphatic heterocycles. The maximum Gasteiger partial charge on any atom is 0.236 e. The summed E-state index contributed by atoms with van der Waals surface area (Å²) in [7, 11) is 0. The Morgan fingerprint density at radius 3 is 2.64 bits per heavy atom. The molecule has 0 saturated carbocycles. The number of aromatic nitrogens is 4. The molecule has 2 heterocycles. The predicted molar refractivity (Wildman–Crippen MR) is 133 cm³/mol. The van der Waals surface area contributed by atoms with E-state index in [4.69, 9.17) is 4.74 Å². The average molecular weight is 480 g/mol. The SMILES string of the molecule is CCn1c(SCC(=O)Nc2nc(-c3ccccc3)cs2)nnc1C(C)Oc1ccc(C)cc1. The van der Waals surface area contributed by atoms with Crippen LogP contribution in [0.3, 0.4) is 0 Å². The van der Waals surface area contributed by atoms with Crippen LogP contribution in [0.25, 0.3) is 11.3 Å². The van der Waals surface area contributed by atoms with Crippen molar-refractivity contribution >= 4 is 34.1 Å². The highest BCUT2D eigenvalue weighted by molar-refractivity contribution is 7.99. The number of hydrogen-bond acceptors (Lipinski definition) is 7. The Morgan fingerprint density at radius 2 is 1.91 bits per heavy atom. The van der Waals surface area contributed by atoms with E-state index in [1.54, 1.807) is 0 Å². The fourth-order valence-corrected chi connectivity index (χ4v) is 4.78. The van der Waals surface area contributed by atoms with Gasteiger partial charge in [0.1, 0.15) is 5.75 Å². The van der Waals surface area contributed by atoms with Gasteiger partial charge < -0.3 is 14.6 Å². The van der Waals surface area contributed by atoms with Crippen LogP contribution in [0.5, 0.6) is 5.75 Å². The van der Waals surface area contributed by atoms with Crippen molar-refractivity contribution in [2.45, 2.75) is 38.6 Å². The smallest absolute Gasteiger partial charge is 0.236 e. The standard InChI is InChI=1S/C24H25N5O2S2/c1-4-29-22(17(3)31-19-12-10-16(2)11-13-19)27-28-24(29)33-15-21(30)26-23-25-20(14-32-23)18-8-6-5-7-9-18/h5-14,17H,4,15H2,1-3H3,(H,25,26,30). The summed E-state index contributed by atoms with van der Waals surface area (Å²) in [6, 6.07) is 17.8. The number of carbonyl (C=O) groups is 1. The lowest BCUT2D eigenvalue weighted by Gasteiger charge is -2.15. The molecule has 9 heteroatoms. The fraction of sp³-hybridized carbons (Fsp3) is 0.250. The van der Waals surface area contributed by atoms with E-state index in [0.29, 0.717) is 16.8 Å². The Morgan fingerprint density at radius 1 is 1.15 bits per heavy atom. The number of anilines is 1.